The van der Waals surface area contributed by atoms with Crippen molar-refractivity contribution in [1.82, 2.24) is 0 Å². The molecule has 0 fully saturated rings. The molecule has 0 aromatic rings. The van der Waals surface area contributed by atoms with Gasteiger partial charge in [-0.15, -0.1) is 0 Å². The van der Waals surface area contributed by atoms with E-state index < -0.39 is 36.4 Å². The maximum Gasteiger partial charge on any atom is 0.407 e. The van der Waals surface area contributed by atoms with Gasteiger partial charge in [-0.2, -0.15) is 26.3 Å². The lowest BCUT2D eigenvalue weighted by molar-refractivity contribution is -0.273. The Hall–Kier alpha value is -0.750. The number of alkyl halides is 6. The second kappa shape index (κ2) is 7.14. The average molecular weight is 292 g/mol. The van der Waals surface area contributed by atoms with E-state index in [2.05, 4.69) is 0 Å². The van der Waals surface area contributed by atoms with Crippen molar-refractivity contribution in [1.29, 1.82) is 0 Å². The predicted octanol–water partition coefficient (Wildman–Crippen LogP) is 4.90. The van der Waals surface area contributed by atoms with E-state index in [1.807, 2.05) is 6.92 Å². The number of hydrogen-bond acceptors (Lipinski definition) is 1. The van der Waals surface area contributed by atoms with Gasteiger partial charge in [-0.1, -0.05) is 39.5 Å². The molecule has 114 valence electrons. The molecule has 0 N–H and O–H groups in total. The summed E-state index contributed by atoms with van der Waals surface area (Å²) in [5.74, 6) is -6.04. The molecule has 0 aromatic carbocycles. The Morgan fingerprint density at radius 2 is 1.47 bits per heavy atom. The van der Waals surface area contributed by atoms with Gasteiger partial charge in [0.15, 0.2) is 5.78 Å². The van der Waals surface area contributed by atoms with Gasteiger partial charge in [0.05, 0.1) is 0 Å². The molecule has 0 aliphatic heterocycles. The minimum Gasteiger partial charge on any atom is -0.299 e. The van der Waals surface area contributed by atoms with Gasteiger partial charge < -0.3 is 0 Å². The summed E-state index contributed by atoms with van der Waals surface area (Å²) in [6.45, 7) is 3.52. The van der Waals surface area contributed by atoms with Gasteiger partial charge in [-0.05, 0) is 5.92 Å². The highest BCUT2D eigenvalue weighted by atomic mass is 19.4. The average Bonchev–Trinajstić information content (AvgIpc) is 2.19. The Bertz CT molecular complexity index is 267. The van der Waals surface area contributed by atoms with Gasteiger partial charge in [-0.3, -0.25) is 4.79 Å². The van der Waals surface area contributed by atoms with Crippen molar-refractivity contribution in [3.63, 3.8) is 0 Å². The zero-order chi connectivity index (χ0) is 15.3. The van der Waals surface area contributed by atoms with Crippen LogP contribution in [0.15, 0.2) is 0 Å². The van der Waals surface area contributed by atoms with Crippen LogP contribution in [0, 0.1) is 11.8 Å². The Kier molecular flexibility index (Phi) is 6.86. The van der Waals surface area contributed by atoms with Crippen molar-refractivity contribution in [3.8, 4) is 0 Å². The number of rotatable bonds is 7. The maximum absolute atomic E-state index is 12.3. The summed E-state index contributed by atoms with van der Waals surface area (Å²) < 4.78 is 74.0. The second-order valence-corrected chi connectivity index (χ2v) is 4.60. The molecule has 1 unspecified atom stereocenters. The van der Waals surface area contributed by atoms with Crippen molar-refractivity contribution in [2.45, 2.75) is 58.3 Å². The highest BCUT2D eigenvalue weighted by Crippen LogP contribution is 2.41. The maximum atomic E-state index is 12.3. The summed E-state index contributed by atoms with van der Waals surface area (Å²) in [5.41, 5.74) is 0. The number of unbranched alkanes of at least 4 members (excludes halogenated alkanes) is 1. The number of carbonyl (C=O) groups excluding carboxylic acids is 1. The molecule has 0 aromatic heterocycles. The molecule has 0 rings (SSSR count). The largest absolute Gasteiger partial charge is 0.407 e. The molecular weight excluding hydrogens is 274 g/mol. The lowest BCUT2D eigenvalue weighted by Crippen LogP contribution is -2.42. The summed E-state index contributed by atoms with van der Waals surface area (Å²) >= 11 is 0. The number of halogens is 6. The molecule has 7 heteroatoms. The predicted molar refractivity (Wildman–Crippen MR) is 58.5 cm³/mol. The highest BCUT2D eigenvalue weighted by Gasteiger charge is 2.60. The summed E-state index contributed by atoms with van der Waals surface area (Å²) in [7, 11) is 0. The molecule has 1 nitrogen and oxygen atoms in total. The van der Waals surface area contributed by atoms with Crippen LogP contribution in [0.3, 0.4) is 0 Å². The number of Topliss-reactive ketones (excluding diaryl/α,β-unsaturated/α-hetero) is 1. The zero-order valence-electron chi connectivity index (χ0n) is 10.9. The van der Waals surface area contributed by atoms with Crippen LogP contribution in [0.5, 0.6) is 0 Å². The van der Waals surface area contributed by atoms with Gasteiger partial charge in [0.25, 0.3) is 0 Å². The van der Waals surface area contributed by atoms with Gasteiger partial charge in [-0.25, -0.2) is 0 Å². The molecule has 0 saturated carbocycles. The molecule has 0 bridgehead atoms. The molecule has 19 heavy (non-hydrogen) atoms. The summed E-state index contributed by atoms with van der Waals surface area (Å²) in [5, 5.41) is 0. The van der Waals surface area contributed by atoms with Crippen molar-refractivity contribution < 1.29 is 31.1 Å². The Morgan fingerprint density at radius 1 is 1.00 bits per heavy atom. The first kappa shape index (κ1) is 18.2. The minimum atomic E-state index is -5.57. The summed E-state index contributed by atoms with van der Waals surface area (Å²) in [6, 6.07) is 0. The first-order chi connectivity index (χ1) is 8.54. The van der Waals surface area contributed by atoms with E-state index in [4.69, 9.17) is 0 Å². The van der Waals surface area contributed by atoms with Crippen molar-refractivity contribution in [2.24, 2.45) is 11.8 Å². The number of ketones is 1. The first-order valence-electron chi connectivity index (χ1n) is 6.20. The highest BCUT2D eigenvalue weighted by molar-refractivity contribution is 5.82. The quantitative estimate of drug-likeness (QED) is 0.610. The van der Waals surface area contributed by atoms with Crippen LogP contribution >= 0.6 is 0 Å². The van der Waals surface area contributed by atoms with E-state index in [-0.39, 0.29) is 0 Å². The zero-order valence-corrected chi connectivity index (χ0v) is 10.9. The van der Waals surface area contributed by atoms with E-state index >= 15 is 0 Å². The van der Waals surface area contributed by atoms with Crippen LogP contribution in [0.4, 0.5) is 26.3 Å². The van der Waals surface area contributed by atoms with Crippen LogP contribution in [0.25, 0.3) is 0 Å². The third-order valence-electron chi connectivity index (χ3n) is 3.01. The topological polar surface area (TPSA) is 17.1 Å². The number of hydrogen-bond donors (Lipinski definition) is 0. The van der Waals surface area contributed by atoms with E-state index in [0.29, 0.717) is 19.3 Å². The fourth-order valence-electron chi connectivity index (χ4n) is 1.90. The third kappa shape index (κ3) is 6.29. The Balaban J connectivity index is 4.83. The summed E-state index contributed by atoms with van der Waals surface area (Å²) in [6.07, 6.45) is -9.46. The molecule has 0 aliphatic rings. The molecule has 0 spiro atoms. The third-order valence-corrected chi connectivity index (χ3v) is 3.01. The SMILES string of the molecule is CCCCC(CC)CC(=O)C(C(F)(F)F)C(F)(F)F. The minimum absolute atomic E-state index is 0.397. The molecular formula is C12H18F6O. The fraction of sp³-hybridized carbons (Fsp3) is 0.917. The second-order valence-electron chi connectivity index (χ2n) is 4.60. The Morgan fingerprint density at radius 3 is 1.79 bits per heavy atom. The van der Waals surface area contributed by atoms with Crippen LogP contribution in [0.2, 0.25) is 0 Å². The smallest absolute Gasteiger partial charge is 0.299 e. The van der Waals surface area contributed by atoms with Gasteiger partial charge in [0.2, 0.25) is 5.92 Å². The van der Waals surface area contributed by atoms with E-state index in [9.17, 15) is 31.1 Å². The standard InChI is InChI=1S/C12H18F6O/c1-3-5-6-8(4-2)7-9(19)10(11(13,14)15)12(16,17)18/h8,10H,3-7H2,1-2H3. The molecule has 0 radical (unpaired) electrons. The van der Waals surface area contributed by atoms with Crippen molar-refractivity contribution in [2.75, 3.05) is 0 Å². The van der Waals surface area contributed by atoms with E-state index in [1.165, 1.54) is 0 Å². The molecule has 0 saturated heterocycles. The van der Waals surface area contributed by atoms with E-state index in [0.717, 1.165) is 6.42 Å². The molecule has 0 heterocycles. The van der Waals surface area contributed by atoms with Gasteiger partial charge >= 0.3 is 12.4 Å². The van der Waals surface area contributed by atoms with Crippen molar-refractivity contribution >= 4 is 5.78 Å². The normalized spacial score (nSPS) is 14.8. The van der Waals surface area contributed by atoms with E-state index in [1.54, 1.807) is 6.92 Å². The fourth-order valence-corrected chi connectivity index (χ4v) is 1.90. The molecule has 0 amide bonds. The van der Waals surface area contributed by atoms with Crippen LogP contribution in [0.1, 0.15) is 46.0 Å². The number of carbonyl (C=O) groups is 1. The van der Waals surface area contributed by atoms with Crippen LogP contribution in [-0.2, 0) is 4.79 Å². The van der Waals surface area contributed by atoms with Gasteiger partial charge in [0, 0.05) is 6.42 Å². The lowest BCUT2D eigenvalue weighted by Gasteiger charge is -2.23. The molecule has 0 aliphatic carbocycles. The Labute approximate surface area is 108 Å². The monoisotopic (exact) mass is 292 g/mol. The first-order valence-corrected chi connectivity index (χ1v) is 6.20. The van der Waals surface area contributed by atoms with Crippen molar-refractivity contribution in [3.05, 3.63) is 0 Å². The molecule has 1 atom stereocenters. The summed E-state index contributed by atoms with van der Waals surface area (Å²) in [4.78, 5) is 11.3. The van der Waals surface area contributed by atoms with Crippen LogP contribution < -0.4 is 0 Å². The van der Waals surface area contributed by atoms with Gasteiger partial charge in [0.1, 0.15) is 0 Å². The lowest BCUT2D eigenvalue weighted by atomic mass is 9.88. The van der Waals surface area contributed by atoms with Crippen LogP contribution in [-0.4, -0.2) is 18.1 Å².